The molecule has 4 aliphatic carbocycles. The van der Waals surface area contributed by atoms with E-state index in [2.05, 4.69) is 62.5 Å². The van der Waals surface area contributed by atoms with E-state index in [0.29, 0.717) is 54.5 Å². The van der Waals surface area contributed by atoms with Crippen molar-refractivity contribution in [2.24, 2.45) is 17.3 Å². The number of hydroxylamine groups is 1. The highest BCUT2D eigenvalue weighted by molar-refractivity contribution is 7.90. The van der Waals surface area contributed by atoms with Gasteiger partial charge in [-0.1, -0.05) is 32.6 Å². The lowest BCUT2D eigenvalue weighted by Crippen LogP contribution is -2.98. The smallest absolute Gasteiger partial charge is 0.268 e. The number of aliphatic hydroxyl groups is 1. The second kappa shape index (κ2) is 19.1. The van der Waals surface area contributed by atoms with E-state index < -0.39 is 32.4 Å². The van der Waals surface area contributed by atoms with Gasteiger partial charge in [0.15, 0.2) is 17.3 Å². The Morgan fingerprint density at radius 3 is 2.55 bits per heavy atom. The Morgan fingerprint density at radius 2 is 1.83 bits per heavy atom. The summed E-state index contributed by atoms with van der Waals surface area (Å²) in [6.07, 6.45) is 19.5. The first-order chi connectivity index (χ1) is 33.9. The van der Waals surface area contributed by atoms with Crippen molar-refractivity contribution < 1.29 is 37.2 Å². The molecule has 0 bridgehead atoms. The van der Waals surface area contributed by atoms with Crippen LogP contribution in [0.15, 0.2) is 83.4 Å². The fraction of sp³-hybridized carbons (Fsp3) is 0.500. The molecule has 6 aliphatic rings. The largest absolute Gasteiger partial charge is 0.629 e. The molecular formula is C54H67FN8O7S. The summed E-state index contributed by atoms with van der Waals surface area (Å²) in [6.45, 7) is 13.6. The van der Waals surface area contributed by atoms with Crippen LogP contribution in [0.4, 0.5) is 21.6 Å². The van der Waals surface area contributed by atoms with Crippen LogP contribution >= 0.6 is 0 Å². The van der Waals surface area contributed by atoms with Crippen molar-refractivity contribution in [1.29, 1.82) is 0 Å². The number of fused-ring (bicyclic) bond motifs is 2. The second-order valence-corrected chi connectivity index (χ2v) is 23.1. The number of nitrogens with zero attached hydrogens (tertiary/aromatic N) is 5. The number of amides is 1. The standard InChI is InChI=1S/C54H67FN8O7S/c1-33(2)38-10-7-8-11-39(38)43-12-9-23-62(43)37-30-54(31-37)20-24-61(25-21-54)36-13-14-40(46(27-36)70-47-28-41-42(55)26-34(3)49(41)58-52(47)69-6)51(64)59-71(67,68)48-29-45(60(5)66)50(63-44(48)17-22-57-63)56-32-35-15-18-53(4,65)19-16-35/h7,10,13-14,17,22,26-29,33,35,37,43,56,60,65H,3,8-9,11-12,15-16,18-21,23-25,30-32H2,1-2,4-6H3,(H,59,64)/t35-,43-,53-/m0/s1. The fourth-order valence-corrected chi connectivity index (χ4v) is 13.4. The molecule has 17 heteroatoms. The minimum absolute atomic E-state index is 0.0101. The van der Waals surface area contributed by atoms with Crippen molar-refractivity contribution in [2.75, 3.05) is 50.6 Å². The van der Waals surface area contributed by atoms with Gasteiger partial charge in [0.1, 0.15) is 16.5 Å². The minimum atomic E-state index is -4.66. The van der Waals surface area contributed by atoms with Crippen molar-refractivity contribution in [3.05, 3.63) is 101 Å². The molecule has 1 spiro atoms. The van der Waals surface area contributed by atoms with Crippen LogP contribution in [0.5, 0.6) is 17.4 Å². The number of halogens is 1. The Bertz CT molecular complexity index is 2950. The average molecular weight is 991 g/mol. The van der Waals surface area contributed by atoms with Gasteiger partial charge in [0.05, 0.1) is 42.7 Å². The van der Waals surface area contributed by atoms with Gasteiger partial charge in [0.25, 0.3) is 21.8 Å². The molecule has 1 amide bonds. The highest BCUT2D eigenvalue weighted by atomic mass is 32.2. The van der Waals surface area contributed by atoms with Gasteiger partial charge in [0, 0.05) is 55.1 Å². The number of hydrogen-bond acceptors (Lipinski definition) is 12. The third kappa shape index (κ3) is 9.51. The summed E-state index contributed by atoms with van der Waals surface area (Å²) in [5, 5.41) is 31.0. The molecule has 378 valence electrons. The molecule has 1 unspecified atom stereocenters. The van der Waals surface area contributed by atoms with E-state index in [1.807, 2.05) is 6.92 Å². The number of methoxy groups -OCH3 is 1. The van der Waals surface area contributed by atoms with Crippen LogP contribution in [-0.2, 0) is 10.0 Å². The van der Waals surface area contributed by atoms with Crippen molar-refractivity contribution in [3.63, 3.8) is 0 Å². The molecule has 4 N–H and O–H groups in total. The Labute approximate surface area is 416 Å². The zero-order chi connectivity index (χ0) is 50.0. The van der Waals surface area contributed by atoms with E-state index in [-0.39, 0.29) is 55.9 Å². The Hall–Kier alpha value is -5.59. The van der Waals surface area contributed by atoms with Crippen LogP contribution in [0.1, 0.15) is 119 Å². The molecule has 10 rings (SSSR count). The minimum Gasteiger partial charge on any atom is -0.629 e. The number of likely N-dealkylation sites (tertiary alicyclic amines) is 1. The zero-order valence-corrected chi connectivity index (χ0v) is 42.3. The monoisotopic (exact) mass is 990 g/mol. The van der Waals surface area contributed by atoms with Crippen LogP contribution in [0.25, 0.3) is 16.9 Å². The molecule has 2 atom stereocenters. The third-order valence-electron chi connectivity index (χ3n) is 16.3. The van der Waals surface area contributed by atoms with Crippen LogP contribution in [0.2, 0.25) is 0 Å². The summed E-state index contributed by atoms with van der Waals surface area (Å²) in [7, 11) is -1.92. The molecule has 3 aromatic heterocycles. The molecule has 2 saturated carbocycles. The lowest BCUT2D eigenvalue weighted by atomic mass is 9.59. The van der Waals surface area contributed by atoms with Crippen molar-refractivity contribution in [1.82, 2.24) is 24.2 Å². The number of pyridine rings is 2. The highest BCUT2D eigenvalue weighted by Crippen LogP contribution is 2.54. The first-order valence-corrected chi connectivity index (χ1v) is 26.8. The first-order valence-electron chi connectivity index (χ1n) is 25.4. The summed E-state index contributed by atoms with van der Waals surface area (Å²) in [5.74, 6) is -0.395. The number of ether oxygens (including phenoxy) is 2. The number of piperidine rings is 1. The van der Waals surface area contributed by atoms with E-state index in [1.54, 1.807) is 17.7 Å². The molecule has 2 saturated heterocycles. The lowest BCUT2D eigenvalue weighted by Gasteiger charge is -2.56. The summed E-state index contributed by atoms with van der Waals surface area (Å²) in [5.41, 5.74) is 4.49. The van der Waals surface area contributed by atoms with E-state index in [4.69, 9.17) is 9.47 Å². The van der Waals surface area contributed by atoms with Crippen molar-refractivity contribution >= 4 is 50.0 Å². The van der Waals surface area contributed by atoms with Gasteiger partial charge in [-0.2, -0.15) is 5.10 Å². The number of quaternary nitrogens is 1. The third-order valence-corrected chi connectivity index (χ3v) is 17.6. The average Bonchev–Trinajstić information content (AvgIpc) is 4.09. The number of sulfonamides is 1. The normalized spacial score (nSPS) is 24.1. The molecule has 71 heavy (non-hydrogen) atoms. The van der Waals surface area contributed by atoms with E-state index in [0.717, 1.165) is 63.8 Å². The van der Waals surface area contributed by atoms with Crippen LogP contribution in [-0.4, -0.2) is 97.0 Å². The van der Waals surface area contributed by atoms with Gasteiger partial charge in [-0.15, -0.1) is 0 Å². The molecule has 4 aromatic rings. The number of aromatic nitrogens is 3. The molecule has 0 radical (unpaired) electrons. The van der Waals surface area contributed by atoms with E-state index in [1.165, 1.54) is 86.5 Å². The SMILES string of the molecule is C=C1C=C(F)c2cc(Oc3cc(N4CCC5(CC4)CC(N4CCC[C@H]4C4=C(C(C)C)C=CCC4)C5)ccc3C(=O)NS(=O)(=O)c3cc([NH+](C)[O-])c(NC[C@H]4CC[C@](C)(O)CC4)n4nccc34)c(OC)nc21. The van der Waals surface area contributed by atoms with Gasteiger partial charge in [-0.05, 0) is 155 Å². The summed E-state index contributed by atoms with van der Waals surface area (Å²) in [4.78, 5) is 23.7. The zero-order valence-electron chi connectivity index (χ0n) is 41.5. The Balaban J connectivity index is 0.901. The van der Waals surface area contributed by atoms with Gasteiger partial charge < -0.3 is 35.1 Å². The topological polar surface area (TPSA) is 178 Å². The van der Waals surface area contributed by atoms with E-state index in [9.17, 15) is 23.5 Å². The number of carbonyl (C=O) groups is 1. The maximum absolute atomic E-state index is 15.2. The molecule has 2 aliphatic heterocycles. The number of carbonyl (C=O) groups excluding carboxylic acids is 1. The van der Waals surface area contributed by atoms with Crippen LogP contribution in [0, 0.1) is 22.5 Å². The number of benzene rings is 1. The molecular weight excluding hydrogens is 924 g/mol. The number of nitrogens with one attached hydrogen (secondary N) is 3. The predicted molar refractivity (Wildman–Crippen MR) is 273 cm³/mol. The number of anilines is 2. The van der Waals surface area contributed by atoms with Crippen LogP contribution < -0.4 is 29.5 Å². The Kier molecular flexibility index (Phi) is 13.2. The maximum Gasteiger partial charge on any atom is 0.268 e. The number of hydrogen-bond donors (Lipinski definition) is 4. The van der Waals surface area contributed by atoms with Gasteiger partial charge in [0.2, 0.25) is 0 Å². The first kappa shape index (κ1) is 49.0. The van der Waals surface area contributed by atoms with Crippen LogP contribution in [0.3, 0.4) is 0 Å². The predicted octanol–water partition coefficient (Wildman–Crippen LogP) is 8.50. The highest BCUT2D eigenvalue weighted by Gasteiger charge is 2.50. The summed E-state index contributed by atoms with van der Waals surface area (Å²) >= 11 is 0. The fourth-order valence-electron chi connectivity index (χ4n) is 12.3. The molecule has 5 heterocycles. The van der Waals surface area contributed by atoms with Gasteiger partial charge in [-0.3, -0.25) is 9.69 Å². The molecule has 4 fully saturated rings. The molecule has 15 nitrogen and oxygen atoms in total. The maximum atomic E-state index is 15.2. The Morgan fingerprint density at radius 1 is 1.07 bits per heavy atom. The van der Waals surface area contributed by atoms with Gasteiger partial charge >= 0.3 is 0 Å². The van der Waals surface area contributed by atoms with Crippen molar-refractivity contribution in [3.8, 4) is 17.4 Å². The number of rotatable bonds is 14. The van der Waals surface area contributed by atoms with E-state index >= 15 is 4.39 Å². The van der Waals surface area contributed by atoms with Gasteiger partial charge in [-0.25, -0.2) is 27.0 Å². The quantitative estimate of drug-likeness (QED) is 0.0888. The molecule has 1 aromatic carbocycles. The summed E-state index contributed by atoms with van der Waals surface area (Å²) < 4.78 is 59.7. The number of allylic oxidation sites excluding steroid dienone is 5. The summed E-state index contributed by atoms with van der Waals surface area (Å²) in [6, 6.07) is 10.4. The lowest BCUT2D eigenvalue weighted by molar-refractivity contribution is -0.751. The van der Waals surface area contributed by atoms with Crippen molar-refractivity contribution in [2.45, 2.75) is 120 Å². The second-order valence-electron chi connectivity index (χ2n) is 21.4.